The summed E-state index contributed by atoms with van der Waals surface area (Å²) in [6.45, 7) is 0. The molecule has 7 heteroatoms. The molecule has 0 aliphatic heterocycles. The van der Waals surface area contributed by atoms with E-state index in [1.807, 2.05) is 0 Å². The molecule has 3 aromatic rings. The zero-order valence-electron chi connectivity index (χ0n) is 13.8. The first-order valence-electron chi connectivity index (χ1n) is 7.29. The average molecular weight is 347 g/mol. The number of hydrogen-bond acceptors (Lipinski definition) is 5. The third kappa shape index (κ3) is 3.13. The number of halogens is 2. The van der Waals surface area contributed by atoms with Crippen molar-refractivity contribution < 1.29 is 27.4 Å². The van der Waals surface area contributed by atoms with Crippen LogP contribution in [0.25, 0.3) is 22.8 Å². The Hall–Kier alpha value is -3.09. The van der Waals surface area contributed by atoms with Gasteiger partial charge in [0, 0.05) is 11.1 Å². The molecule has 0 aliphatic rings. The van der Waals surface area contributed by atoms with Gasteiger partial charge in [0.25, 0.3) is 0 Å². The van der Waals surface area contributed by atoms with Crippen LogP contribution in [-0.2, 0) is 0 Å². The Bertz CT molecular complexity index is 883. The molecule has 0 unspecified atom stereocenters. The fourth-order valence-electron chi connectivity index (χ4n) is 2.39. The maximum atomic E-state index is 13.4. The van der Waals surface area contributed by atoms with Crippen LogP contribution in [0.5, 0.6) is 17.2 Å². The molecule has 0 atom stereocenters. The molecule has 0 saturated carbocycles. The first-order chi connectivity index (χ1) is 12.1. The summed E-state index contributed by atoms with van der Waals surface area (Å²) in [4.78, 5) is 4.19. The van der Waals surface area contributed by atoms with E-state index in [0.717, 1.165) is 12.1 Å². The Morgan fingerprint density at radius 1 is 0.840 bits per heavy atom. The normalized spacial score (nSPS) is 10.6. The van der Waals surface area contributed by atoms with Gasteiger partial charge in [-0.1, -0.05) is 0 Å². The minimum absolute atomic E-state index is 0.277. The van der Waals surface area contributed by atoms with Crippen LogP contribution in [0.2, 0.25) is 0 Å². The van der Waals surface area contributed by atoms with E-state index < -0.39 is 11.6 Å². The minimum atomic E-state index is -0.955. The van der Waals surface area contributed by atoms with Gasteiger partial charge >= 0.3 is 0 Å². The van der Waals surface area contributed by atoms with Gasteiger partial charge in [-0.2, -0.15) is 0 Å². The third-order valence-corrected chi connectivity index (χ3v) is 3.62. The molecule has 2 aromatic carbocycles. The van der Waals surface area contributed by atoms with E-state index in [4.69, 9.17) is 18.6 Å². The third-order valence-electron chi connectivity index (χ3n) is 3.62. The van der Waals surface area contributed by atoms with Crippen molar-refractivity contribution in [1.82, 2.24) is 4.98 Å². The highest BCUT2D eigenvalue weighted by atomic mass is 19.2. The van der Waals surface area contributed by atoms with Gasteiger partial charge in [-0.05, 0) is 30.3 Å². The summed E-state index contributed by atoms with van der Waals surface area (Å²) in [5, 5.41) is 0. The second-order valence-corrected chi connectivity index (χ2v) is 5.07. The van der Waals surface area contributed by atoms with E-state index in [1.165, 1.54) is 33.6 Å². The second kappa shape index (κ2) is 6.80. The summed E-state index contributed by atoms with van der Waals surface area (Å²) in [5.41, 5.74) is 0.966. The highest BCUT2D eigenvalue weighted by molar-refractivity contribution is 5.67. The standard InChI is InChI=1S/C18H15F2NO4/c1-22-14-7-11(8-15(23-2)17(14)24-3)18-21-9-16(25-18)10-4-5-12(19)13(20)6-10/h4-9H,1-3H3. The van der Waals surface area contributed by atoms with Gasteiger partial charge in [0.2, 0.25) is 11.6 Å². The van der Waals surface area contributed by atoms with Crippen molar-refractivity contribution in [2.45, 2.75) is 0 Å². The molecule has 0 aliphatic carbocycles. The van der Waals surface area contributed by atoms with Gasteiger partial charge in [0.1, 0.15) is 0 Å². The van der Waals surface area contributed by atoms with Crippen molar-refractivity contribution in [3.63, 3.8) is 0 Å². The van der Waals surface area contributed by atoms with Gasteiger partial charge in [0.05, 0.1) is 27.5 Å². The Morgan fingerprint density at radius 2 is 1.52 bits per heavy atom. The number of ether oxygens (including phenoxy) is 3. The van der Waals surface area contributed by atoms with Crippen LogP contribution in [0.3, 0.4) is 0 Å². The van der Waals surface area contributed by atoms with Gasteiger partial charge in [-0.3, -0.25) is 0 Å². The molecular weight excluding hydrogens is 332 g/mol. The first kappa shape index (κ1) is 16.8. The summed E-state index contributed by atoms with van der Waals surface area (Å²) in [6, 6.07) is 6.86. The van der Waals surface area contributed by atoms with Crippen molar-refractivity contribution >= 4 is 0 Å². The Balaban J connectivity index is 2.03. The van der Waals surface area contributed by atoms with E-state index in [2.05, 4.69) is 4.98 Å². The number of nitrogens with zero attached hydrogens (tertiary/aromatic N) is 1. The van der Waals surface area contributed by atoms with E-state index in [-0.39, 0.29) is 5.89 Å². The molecule has 0 saturated heterocycles. The van der Waals surface area contributed by atoms with Crippen molar-refractivity contribution in [2.24, 2.45) is 0 Å². The summed E-state index contributed by atoms with van der Waals surface area (Å²) in [7, 11) is 4.51. The van der Waals surface area contributed by atoms with Crippen molar-refractivity contribution in [2.75, 3.05) is 21.3 Å². The molecule has 0 bridgehead atoms. The van der Waals surface area contributed by atoms with Gasteiger partial charge in [-0.15, -0.1) is 0 Å². The monoisotopic (exact) mass is 347 g/mol. The fourth-order valence-corrected chi connectivity index (χ4v) is 2.39. The summed E-state index contributed by atoms with van der Waals surface area (Å²) >= 11 is 0. The SMILES string of the molecule is COc1cc(-c2ncc(-c3ccc(F)c(F)c3)o2)cc(OC)c1OC. The smallest absolute Gasteiger partial charge is 0.226 e. The number of methoxy groups -OCH3 is 3. The highest BCUT2D eigenvalue weighted by Crippen LogP contribution is 2.41. The lowest BCUT2D eigenvalue weighted by molar-refractivity contribution is 0.324. The largest absolute Gasteiger partial charge is 0.493 e. The van der Waals surface area contributed by atoms with Crippen molar-refractivity contribution in [3.05, 3.63) is 48.2 Å². The van der Waals surface area contributed by atoms with Gasteiger partial charge < -0.3 is 18.6 Å². The van der Waals surface area contributed by atoms with Gasteiger partial charge in [0.15, 0.2) is 28.9 Å². The van der Waals surface area contributed by atoms with Crippen LogP contribution in [0, 0.1) is 11.6 Å². The molecule has 3 rings (SSSR count). The van der Waals surface area contributed by atoms with Crippen LogP contribution in [0.4, 0.5) is 8.78 Å². The Morgan fingerprint density at radius 3 is 2.08 bits per heavy atom. The molecule has 0 N–H and O–H groups in total. The summed E-state index contributed by atoms with van der Waals surface area (Å²) in [5.74, 6) is 0.0491. The average Bonchev–Trinajstić information content (AvgIpc) is 3.12. The molecule has 130 valence electrons. The lowest BCUT2D eigenvalue weighted by atomic mass is 10.2. The first-order valence-corrected chi connectivity index (χ1v) is 7.29. The van der Waals surface area contributed by atoms with Crippen LogP contribution in [0.1, 0.15) is 0 Å². The lowest BCUT2D eigenvalue weighted by Crippen LogP contribution is -1.95. The molecule has 5 nitrogen and oxygen atoms in total. The number of aromatic nitrogens is 1. The zero-order valence-corrected chi connectivity index (χ0v) is 13.8. The molecule has 0 radical (unpaired) electrons. The topological polar surface area (TPSA) is 53.7 Å². The zero-order chi connectivity index (χ0) is 18.0. The van der Waals surface area contributed by atoms with E-state index >= 15 is 0 Å². The molecule has 1 heterocycles. The summed E-state index contributed by atoms with van der Waals surface area (Å²) in [6.07, 6.45) is 1.44. The number of benzene rings is 2. The Kier molecular flexibility index (Phi) is 4.56. The molecule has 0 spiro atoms. The number of rotatable bonds is 5. The van der Waals surface area contributed by atoms with Crippen LogP contribution >= 0.6 is 0 Å². The summed E-state index contributed by atoms with van der Waals surface area (Å²) < 4.78 is 48.0. The predicted molar refractivity (Wildman–Crippen MR) is 86.9 cm³/mol. The fraction of sp³-hybridized carbons (Fsp3) is 0.167. The van der Waals surface area contributed by atoms with E-state index in [1.54, 1.807) is 12.1 Å². The highest BCUT2D eigenvalue weighted by Gasteiger charge is 2.17. The second-order valence-electron chi connectivity index (χ2n) is 5.07. The molecule has 0 fully saturated rings. The maximum absolute atomic E-state index is 13.4. The van der Waals surface area contributed by atoms with Crippen LogP contribution in [0.15, 0.2) is 40.9 Å². The quantitative estimate of drug-likeness (QED) is 0.688. The molecule has 25 heavy (non-hydrogen) atoms. The molecule has 1 aromatic heterocycles. The number of hydrogen-bond donors (Lipinski definition) is 0. The van der Waals surface area contributed by atoms with Crippen LogP contribution < -0.4 is 14.2 Å². The van der Waals surface area contributed by atoms with Gasteiger partial charge in [-0.25, -0.2) is 13.8 Å². The van der Waals surface area contributed by atoms with Crippen molar-refractivity contribution in [1.29, 1.82) is 0 Å². The lowest BCUT2D eigenvalue weighted by Gasteiger charge is -2.12. The maximum Gasteiger partial charge on any atom is 0.226 e. The van der Waals surface area contributed by atoms with E-state index in [9.17, 15) is 8.78 Å². The number of oxazole rings is 1. The predicted octanol–water partition coefficient (Wildman–Crippen LogP) is 4.31. The van der Waals surface area contributed by atoms with Crippen molar-refractivity contribution in [3.8, 4) is 40.0 Å². The van der Waals surface area contributed by atoms with E-state index in [0.29, 0.717) is 34.1 Å². The Labute approximate surface area is 142 Å². The molecular formula is C18H15F2NO4. The minimum Gasteiger partial charge on any atom is -0.493 e. The van der Waals surface area contributed by atoms with Crippen LogP contribution in [-0.4, -0.2) is 26.3 Å². The molecule has 0 amide bonds.